The number of halogens is 1. The summed E-state index contributed by atoms with van der Waals surface area (Å²) in [5.74, 6) is 0.419. The van der Waals surface area contributed by atoms with Crippen LogP contribution in [0.1, 0.15) is 29.8 Å². The predicted octanol–water partition coefficient (Wildman–Crippen LogP) is 4.18. The Morgan fingerprint density at radius 2 is 1.96 bits per heavy atom. The summed E-state index contributed by atoms with van der Waals surface area (Å²) >= 11 is 1.31. The van der Waals surface area contributed by atoms with Crippen molar-refractivity contribution >= 4 is 28.3 Å². The van der Waals surface area contributed by atoms with Crippen LogP contribution in [0, 0.1) is 12.7 Å². The van der Waals surface area contributed by atoms with Gasteiger partial charge in [0.2, 0.25) is 11.0 Å². The summed E-state index contributed by atoms with van der Waals surface area (Å²) in [5, 5.41) is 3.77. The van der Waals surface area contributed by atoms with E-state index in [4.69, 9.17) is 0 Å². The van der Waals surface area contributed by atoms with Crippen LogP contribution in [0.25, 0.3) is 0 Å². The molecule has 2 aromatic carbocycles. The van der Waals surface area contributed by atoms with Crippen molar-refractivity contribution < 1.29 is 9.18 Å². The Morgan fingerprint density at radius 1 is 1.21 bits per heavy atom. The molecule has 1 atom stereocenters. The second kappa shape index (κ2) is 8.06. The van der Waals surface area contributed by atoms with Crippen LogP contribution in [0.5, 0.6) is 0 Å². The minimum absolute atomic E-state index is 0.0170. The lowest BCUT2D eigenvalue weighted by Gasteiger charge is -2.22. The number of aromatic nitrogens is 2. The molecule has 1 aromatic heterocycles. The molecule has 0 spiro atoms. The van der Waals surface area contributed by atoms with Gasteiger partial charge in [0.1, 0.15) is 17.7 Å². The molecule has 1 saturated heterocycles. The van der Waals surface area contributed by atoms with Gasteiger partial charge in [0.25, 0.3) is 0 Å². The number of anilines is 2. The lowest BCUT2D eigenvalue weighted by molar-refractivity contribution is -0.117. The van der Waals surface area contributed by atoms with E-state index in [1.54, 1.807) is 12.1 Å². The van der Waals surface area contributed by atoms with Crippen LogP contribution in [0.4, 0.5) is 15.2 Å². The number of hydrogen-bond donors (Lipinski definition) is 1. The zero-order valence-corrected chi connectivity index (χ0v) is 16.4. The Labute approximate surface area is 167 Å². The van der Waals surface area contributed by atoms with Crippen molar-refractivity contribution in [3.8, 4) is 0 Å². The van der Waals surface area contributed by atoms with Crippen LogP contribution in [-0.4, -0.2) is 27.9 Å². The molecule has 5 nitrogen and oxygen atoms in total. The summed E-state index contributed by atoms with van der Waals surface area (Å²) < 4.78 is 17.5. The first-order valence-electron chi connectivity index (χ1n) is 9.30. The van der Waals surface area contributed by atoms with Crippen LogP contribution in [0.2, 0.25) is 0 Å². The maximum atomic E-state index is 13.1. The fourth-order valence-corrected chi connectivity index (χ4v) is 4.11. The molecule has 0 aliphatic carbocycles. The molecular weight excluding hydrogens is 375 g/mol. The highest BCUT2D eigenvalue weighted by atomic mass is 32.1. The Hall–Kier alpha value is -2.80. The number of rotatable bonds is 5. The Balaban J connectivity index is 1.44. The summed E-state index contributed by atoms with van der Waals surface area (Å²) in [5.41, 5.74) is 2.92. The predicted molar refractivity (Wildman–Crippen MR) is 109 cm³/mol. The van der Waals surface area contributed by atoms with E-state index < -0.39 is 0 Å². The van der Waals surface area contributed by atoms with Gasteiger partial charge < -0.3 is 10.2 Å². The van der Waals surface area contributed by atoms with E-state index in [1.807, 2.05) is 36.1 Å². The molecule has 1 aliphatic heterocycles. The van der Waals surface area contributed by atoms with Gasteiger partial charge in [-0.25, -0.2) is 9.37 Å². The molecule has 0 saturated carbocycles. The van der Waals surface area contributed by atoms with Crippen molar-refractivity contribution in [3.63, 3.8) is 0 Å². The number of carbonyl (C=O) groups is 1. The lowest BCUT2D eigenvalue weighted by atomic mass is 10.1. The van der Waals surface area contributed by atoms with Crippen LogP contribution < -0.4 is 10.2 Å². The first-order valence-corrected chi connectivity index (χ1v) is 10.1. The minimum atomic E-state index is -0.254. The van der Waals surface area contributed by atoms with Gasteiger partial charge >= 0.3 is 0 Å². The summed E-state index contributed by atoms with van der Waals surface area (Å²) in [7, 11) is 0. The molecule has 1 fully saturated rings. The summed E-state index contributed by atoms with van der Waals surface area (Å²) in [6, 6.07) is 13.9. The number of amides is 1. The average Bonchev–Trinajstić information content (AvgIpc) is 3.34. The normalized spacial score (nSPS) is 16.4. The largest absolute Gasteiger partial charge is 0.335 e. The van der Waals surface area contributed by atoms with Crippen molar-refractivity contribution in [2.24, 2.45) is 0 Å². The van der Waals surface area contributed by atoms with Gasteiger partial charge in [-0.3, -0.25) is 4.79 Å². The highest BCUT2D eigenvalue weighted by Crippen LogP contribution is 2.28. The third kappa shape index (κ3) is 4.20. The maximum absolute atomic E-state index is 13.1. The molecule has 2 heterocycles. The van der Waals surface area contributed by atoms with Crippen molar-refractivity contribution in [1.29, 1.82) is 0 Å². The standard InChI is InChI=1S/C21H21FN4OS/c1-14-4-10-17(11-5-14)23-20(27)18-3-2-12-26(18)21-24-19(25-28-21)13-15-6-8-16(22)9-7-15/h4-11,18H,2-3,12-13H2,1H3,(H,23,27). The molecule has 0 radical (unpaired) electrons. The third-order valence-electron chi connectivity index (χ3n) is 4.85. The van der Waals surface area contributed by atoms with Crippen LogP contribution in [0.3, 0.4) is 0 Å². The minimum Gasteiger partial charge on any atom is -0.335 e. The molecular formula is C21H21FN4OS. The maximum Gasteiger partial charge on any atom is 0.247 e. The Morgan fingerprint density at radius 3 is 2.71 bits per heavy atom. The average molecular weight is 396 g/mol. The second-order valence-electron chi connectivity index (χ2n) is 7.00. The number of nitrogens with zero attached hydrogens (tertiary/aromatic N) is 3. The van der Waals surface area contributed by atoms with E-state index in [0.717, 1.165) is 41.3 Å². The van der Waals surface area contributed by atoms with Gasteiger partial charge in [-0.05, 0) is 49.6 Å². The smallest absolute Gasteiger partial charge is 0.247 e. The topological polar surface area (TPSA) is 58.1 Å². The summed E-state index contributed by atoms with van der Waals surface area (Å²) in [6.45, 7) is 2.81. The fourth-order valence-electron chi connectivity index (χ4n) is 3.35. The molecule has 1 amide bonds. The molecule has 3 aromatic rings. The van der Waals surface area contributed by atoms with Crippen LogP contribution in [-0.2, 0) is 11.2 Å². The molecule has 7 heteroatoms. The first-order chi connectivity index (χ1) is 13.6. The highest BCUT2D eigenvalue weighted by molar-refractivity contribution is 7.09. The van der Waals surface area contributed by atoms with Gasteiger partial charge in [0.05, 0.1) is 0 Å². The van der Waals surface area contributed by atoms with Crippen molar-refractivity contribution in [3.05, 3.63) is 71.3 Å². The van der Waals surface area contributed by atoms with E-state index >= 15 is 0 Å². The van der Waals surface area contributed by atoms with Crippen molar-refractivity contribution in [2.75, 3.05) is 16.8 Å². The molecule has 1 N–H and O–H groups in total. The summed E-state index contributed by atoms with van der Waals surface area (Å²) in [4.78, 5) is 19.4. The first kappa shape index (κ1) is 18.6. The van der Waals surface area contributed by atoms with Gasteiger partial charge in [-0.1, -0.05) is 29.8 Å². The van der Waals surface area contributed by atoms with Gasteiger partial charge in [0.15, 0.2) is 0 Å². The monoisotopic (exact) mass is 396 g/mol. The fraction of sp³-hybridized carbons (Fsp3) is 0.286. The van der Waals surface area contributed by atoms with Crippen molar-refractivity contribution in [1.82, 2.24) is 9.36 Å². The van der Waals surface area contributed by atoms with Gasteiger partial charge in [0, 0.05) is 30.2 Å². The molecule has 0 bridgehead atoms. The molecule has 144 valence electrons. The SMILES string of the molecule is Cc1ccc(NC(=O)C2CCCN2c2nc(Cc3ccc(F)cc3)ns2)cc1. The van der Waals surface area contributed by atoms with E-state index in [9.17, 15) is 9.18 Å². The lowest BCUT2D eigenvalue weighted by Crippen LogP contribution is -2.39. The molecule has 28 heavy (non-hydrogen) atoms. The highest BCUT2D eigenvalue weighted by Gasteiger charge is 2.33. The van der Waals surface area contributed by atoms with E-state index in [-0.39, 0.29) is 17.8 Å². The van der Waals surface area contributed by atoms with Gasteiger partial charge in [-0.2, -0.15) is 4.37 Å². The van der Waals surface area contributed by atoms with E-state index in [0.29, 0.717) is 12.2 Å². The molecule has 4 rings (SSSR count). The summed E-state index contributed by atoms with van der Waals surface area (Å²) in [6.07, 6.45) is 2.29. The number of nitrogens with one attached hydrogen (secondary N) is 1. The quantitative estimate of drug-likeness (QED) is 0.703. The number of benzene rings is 2. The van der Waals surface area contributed by atoms with E-state index in [1.165, 1.54) is 23.7 Å². The zero-order chi connectivity index (χ0) is 19.5. The molecule has 1 unspecified atom stereocenters. The third-order valence-corrected chi connectivity index (χ3v) is 5.64. The Bertz CT molecular complexity index is 955. The number of aryl methyl sites for hydroxylation is 1. The van der Waals surface area contributed by atoms with Crippen molar-refractivity contribution in [2.45, 2.75) is 32.2 Å². The number of carbonyl (C=O) groups excluding carboxylic acids is 1. The Kier molecular flexibility index (Phi) is 5.34. The number of hydrogen-bond acceptors (Lipinski definition) is 5. The van der Waals surface area contributed by atoms with E-state index in [2.05, 4.69) is 14.7 Å². The van der Waals surface area contributed by atoms with Gasteiger partial charge in [-0.15, -0.1) is 0 Å². The second-order valence-corrected chi connectivity index (χ2v) is 7.73. The molecule has 1 aliphatic rings. The van der Waals surface area contributed by atoms with Crippen LogP contribution >= 0.6 is 11.5 Å². The van der Waals surface area contributed by atoms with Crippen LogP contribution in [0.15, 0.2) is 48.5 Å². The zero-order valence-electron chi connectivity index (χ0n) is 15.6.